The summed E-state index contributed by atoms with van der Waals surface area (Å²) in [4.78, 5) is 23.1. The molecule has 0 unspecified atom stereocenters. The molecule has 3 aromatic rings. The summed E-state index contributed by atoms with van der Waals surface area (Å²) in [5.74, 6) is -0.164. The first-order chi connectivity index (χ1) is 9.16. The Bertz CT molecular complexity index is 849. The van der Waals surface area contributed by atoms with Crippen LogP contribution in [0, 0.1) is 0 Å². The topological polar surface area (TPSA) is 59.3 Å². The van der Waals surface area contributed by atoms with E-state index < -0.39 is 0 Å². The first-order valence-corrected chi connectivity index (χ1v) is 5.89. The van der Waals surface area contributed by atoms with Gasteiger partial charge in [-0.3, -0.25) is 4.79 Å². The molecule has 0 fully saturated rings. The molecule has 19 heavy (non-hydrogen) atoms. The van der Waals surface area contributed by atoms with Crippen LogP contribution < -0.4 is 10.9 Å². The second-order valence-electron chi connectivity index (χ2n) is 4.29. The highest BCUT2D eigenvalue weighted by atomic mass is 16.4. The highest BCUT2D eigenvalue weighted by molar-refractivity contribution is 6.13. The average molecular weight is 253 g/mol. The number of amides is 1. The van der Waals surface area contributed by atoms with Crippen LogP contribution in [0.2, 0.25) is 0 Å². The molecular weight excluding hydrogens is 242 g/mol. The highest BCUT2D eigenvalue weighted by Crippen LogP contribution is 2.29. The van der Waals surface area contributed by atoms with E-state index in [-0.39, 0.29) is 11.5 Å². The summed E-state index contributed by atoms with van der Waals surface area (Å²) >= 11 is 0. The van der Waals surface area contributed by atoms with Crippen molar-refractivity contribution in [3.8, 4) is 0 Å². The van der Waals surface area contributed by atoms with Crippen LogP contribution in [0.4, 0.5) is 5.69 Å². The van der Waals surface area contributed by atoms with E-state index in [1.807, 2.05) is 12.1 Å². The number of hydrogen-bond acceptors (Lipinski definition) is 3. The van der Waals surface area contributed by atoms with Gasteiger partial charge in [-0.1, -0.05) is 24.3 Å². The molecule has 0 saturated carbocycles. The standard InChI is InChI=1S/C15H11NO3/c1-9(17)16-12-7-4-8-13-14(12)10-5-2-3-6-11(10)15(18)19-13/h2-8H,1H3,(H,16,17). The van der Waals surface area contributed by atoms with Crippen LogP contribution in [0.1, 0.15) is 6.92 Å². The Labute approximate surface area is 108 Å². The molecule has 0 saturated heterocycles. The lowest BCUT2D eigenvalue weighted by Gasteiger charge is -2.08. The van der Waals surface area contributed by atoms with Gasteiger partial charge < -0.3 is 9.73 Å². The van der Waals surface area contributed by atoms with Gasteiger partial charge in [-0.05, 0) is 18.2 Å². The first kappa shape index (κ1) is 11.5. The van der Waals surface area contributed by atoms with Crippen LogP contribution in [0.3, 0.4) is 0 Å². The van der Waals surface area contributed by atoms with Crippen LogP contribution in [0.15, 0.2) is 51.7 Å². The van der Waals surface area contributed by atoms with Gasteiger partial charge in [0.05, 0.1) is 11.1 Å². The zero-order chi connectivity index (χ0) is 13.4. The number of benzene rings is 2. The summed E-state index contributed by atoms with van der Waals surface area (Å²) in [5.41, 5.74) is 0.739. The van der Waals surface area contributed by atoms with E-state index in [0.717, 1.165) is 10.8 Å². The van der Waals surface area contributed by atoms with Gasteiger partial charge in [0, 0.05) is 17.7 Å². The lowest BCUT2D eigenvalue weighted by atomic mass is 10.1. The number of anilines is 1. The van der Waals surface area contributed by atoms with Gasteiger partial charge in [-0.2, -0.15) is 0 Å². The minimum absolute atomic E-state index is 0.164. The van der Waals surface area contributed by atoms with Crippen molar-refractivity contribution >= 4 is 33.3 Å². The van der Waals surface area contributed by atoms with E-state index in [0.29, 0.717) is 16.7 Å². The average Bonchev–Trinajstić information content (AvgIpc) is 2.38. The van der Waals surface area contributed by atoms with Crippen LogP contribution in [0.25, 0.3) is 21.7 Å². The van der Waals surface area contributed by atoms with Crippen molar-refractivity contribution in [2.45, 2.75) is 6.92 Å². The van der Waals surface area contributed by atoms with Crippen molar-refractivity contribution in [1.82, 2.24) is 0 Å². The molecule has 0 atom stereocenters. The van der Waals surface area contributed by atoms with Gasteiger partial charge in [-0.25, -0.2) is 4.79 Å². The minimum atomic E-state index is -0.372. The number of rotatable bonds is 1. The number of fused-ring (bicyclic) bond motifs is 3. The fraction of sp³-hybridized carbons (Fsp3) is 0.0667. The molecule has 0 spiro atoms. The lowest BCUT2D eigenvalue weighted by molar-refractivity contribution is -0.114. The molecule has 1 N–H and O–H groups in total. The summed E-state index contributed by atoms with van der Waals surface area (Å²) in [6, 6.07) is 12.4. The third kappa shape index (κ3) is 1.87. The predicted molar refractivity (Wildman–Crippen MR) is 74.3 cm³/mol. The van der Waals surface area contributed by atoms with Crippen molar-refractivity contribution in [2.24, 2.45) is 0 Å². The molecule has 0 aliphatic carbocycles. The van der Waals surface area contributed by atoms with Crippen LogP contribution >= 0.6 is 0 Å². The summed E-state index contributed by atoms with van der Waals surface area (Å²) in [5, 5.41) is 4.79. The Morgan fingerprint density at radius 1 is 1.05 bits per heavy atom. The molecule has 1 heterocycles. The van der Waals surface area contributed by atoms with Gasteiger partial charge in [0.1, 0.15) is 5.58 Å². The number of nitrogens with one attached hydrogen (secondary N) is 1. The maximum Gasteiger partial charge on any atom is 0.344 e. The first-order valence-electron chi connectivity index (χ1n) is 5.89. The van der Waals surface area contributed by atoms with Crippen molar-refractivity contribution in [3.63, 3.8) is 0 Å². The Hall–Kier alpha value is -2.62. The third-order valence-electron chi connectivity index (χ3n) is 2.96. The molecule has 4 nitrogen and oxygen atoms in total. The fourth-order valence-corrected chi connectivity index (χ4v) is 2.22. The van der Waals surface area contributed by atoms with E-state index in [1.165, 1.54) is 6.92 Å². The molecule has 0 aliphatic heterocycles. The lowest BCUT2D eigenvalue weighted by Crippen LogP contribution is -2.07. The molecule has 3 rings (SSSR count). The highest BCUT2D eigenvalue weighted by Gasteiger charge is 2.10. The van der Waals surface area contributed by atoms with Crippen LogP contribution in [-0.2, 0) is 4.79 Å². The summed E-state index contributed by atoms with van der Waals surface area (Å²) < 4.78 is 5.29. The third-order valence-corrected chi connectivity index (χ3v) is 2.96. The summed E-state index contributed by atoms with van der Waals surface area (Å²) in [6.45, 7) is 1.44. The molecule has 2 aromatic carbocycles. The number of carbonyl (C=O) groups excluding carboxylic acids is 1. The Morgan fingerprint density at radius 3 is 2.53 bits per heavy atom. The van der Waals surface area contributed by atoms with Crippen LogP contribution in [-0.4, -0.2) is 5.91 Å². The molecule has 1 aromatic heterocycles. The second-order valence-corrected chi connectivity index (χ2v) is 4.29. The fourth-order valence-electron chi connectivity index (χ4n) is 2.22. The van der Waals surface area contributed by atoms with Gasteiger partial charge in [0.15, 0.2) is 0 Å². The molecule has 0 aliphatic rings. The quantitative estimate of drug-likeness (QED) is 0.536. The number of hydrogen-bond donors (Lipinski definition) is 1. The molecule has 0 radical (unpaired) electrons. The predicted octanol–water partition coefficient (Wildman–Crippen LogP) is 2.90. The Morgan fingerprint density at radius 2 is 1.79 bits per heavy atom. The minimum Gasteiger partial charge on any atom is -0.422 e. The molecule has 94 valence electrons. The SMILES string of the molecule is CC(=O)Nc1cccc2oc(=O)c3ccccc3c12. The van der Waals surface area contributed by atoms with Crippen molar-refractivity contribution in [3.05, 3.63) is 52.9 Å². The largest absolute Gasteiger partial charge is 0.422 e. The summed E-state index contributed by atoms with van der Waals surface area (Å²) in [6.07, 6.45) is 0. The molecule has 4 heteroatoms. The monoisotopic (exact) mass is 253 g/mol. The van der Waals surface area contributed by atoms with Crippen molar-refractivity contribution < 1.29 is 9.21 Å². The molecular formula is C15H11NO3. The smallest absolute Gasteiger partial charge is 0.344 e. The maximum absolute atomic E-state index is 11.9. The van der Waals surface area contributed by atoms with Crippen molar-refractivity contribution in [2.75, 3.05) is 5.32 Å². The van der Waals surface area contributed by atoms with Crippen LogP contribution in [0.5, 0.6) is 0 Å². The molecule has 1 amide bonds. The van der Waals surface area contributed by atoms with E-state index >= 15 is 0 Å². The van der Waals surface area contributed by atoms with E-state index in [2.05, 4.69) is 5.32 Å². The Kier molecular flexibility index (Phi) is 2.56. The zero-order valence-electron chi connectivity index (χ0n) is 10.3. The van der Waals surface area contributed by atoms with Gasteiger partial charge >= 0.3 is 5.63 Å². The molecule has 0 bridgehead atoms. The van der Waals surface area contributed by atoms with E-state index in [9.17, 15) is 9.59 Å². The van der Waals surface area contributed by atoms with Crippen molar-refractivity contribution in [1.29, 1.82) is 0 Å². The zero-order valence-corrected chi connectivity index (χ0v) is 10.3. The van der Waals surface area contributed by atoms with Gasteiger partial charge in [-0.15, -0.1) is 0 Å². The Balaban J connectivity index is 2.50. The summed E-state index contributed by atoms with van der Waals surface area (Å²) in [7, 11) is 0. The number of carbonyl (C=O) groups is 1. The van der Waals surface area contributed by atoms with Gasteiger partial charge in [0.25, 0.3) is 0 Å². The van der Waals surface area contributed by atoms with Gasteiger partial charge in [0.2, 0.25) is 5.91 Å². The van der Waals surface area contributed by atoms with E-state index in [1.54, 1.807) is 30.3 Å². The van der Waals surface area contributed by atoms with E-state index in [4.69, 9.17) is 4.42 Å². The second kappa shape index (κ2) is 4.24. The normalized spacial score (nSPS) is 10.8. The maximum atomic E-state index is 11.9.